The third-order valence-electron chi connectivity index (χ3n) is 3.67. The fourth-order valence-electron chi connectivity index (χ4n) is 2.39. The third-order valence-corrected chi connectivity index (χ3v) is 5.56. The van der Waals surface area contributed by atoms with Gasteiger partial charge in [0.2, 0.25) is 0 Å². The van der Waals surface area contributed by atoms with E-state index in [4.69, 9.17) is 23.2 Å². The molecule has 0 saturated heterocycles. The minimum Gasteiger partial charge on any atom is -0.465 e. The van der Waals surface area contributed by atoms with Gasteiger partial charge in [-0.25, -0.2) is 15.0 Å². The van der Waals surface area contributed by atoms with Crippen LogP contribution in [-0.4, -0.2) is 25.0 Å². The van der Waals surface area contributed by atoms with E-state index in [2.05, 4.69) is 20.9 Å². The average molecular weight is 438 g/mol. The summed E-state index contributed by atoms with van der Waals surface area (Å²) in [6, 6.07) is 10.7. The molecule has 0 unspecified atom stereocenters. The van der Waals surface area contributed by atoms with Crippen molar-refractivity contribution in [2.45, 2.75) is 0 Å². The third kappa shape index (κ3) is 4.19. The molecule has 7 nitrogen and oxygen atoms in total. The van der Waals surface area contributed by atoms with Crippen LogP contribution < -0.4 is 16.2 Å². The molecule has 144 valence electrons. The van der Waals surface area contributed by atoms with E-state index in [1.54, 1.807) is 30.3 Å². The van der Waals surface area contributed by atoms with E-state index in [9.17, 15) is 14.4 Å². The maximum Gasteiger partial charge on any atom is 0.339 e. The van der Waals surface area contributed by atoms with Crippen molar-refractivity contribution in [3.8, 4) is 0 Å². The summed E-state index contributed by atoms with van der Waals surface area (Å²) in [6.45, 7) is 0. The van der Waals surface area contributed by atoms with Gasteiger partial charge in [-0.2, -0.15) is 0 Å². The van der Waals surface area contributed by atoms with Gasteiger partial charge in [-0.05, 0) is 24.3 Å². The number of carbonyl (C=O) groups excluding carboxylic acids is 3. The monoisotopic (exact) mass is 437 g/mol. The van der Waals surface area contributed by atoms with Crippen LogP contribution in [0.4, 0.5) is 10.5 Å². The van der Waals surface area contributed by atoms with Gasteiger partial charge in [0.1, 0.15) is 4.88 Å². The number of hydrogen-bond donors (Lipinski definition) is 3. The lowest BCUT2D eigenvalue weighted by Gasteiger charge is -2.11. The largest absolute Gasteiger partial charge is 0.465 e. The molecule has 3 N–H and O–H groups in total. The van der Waals surface area contributed by atoms with Gasteiger partial charge >= 0.3 is 12.0 Å². The Labute approximate surface area is 173 Å². The number of nitrogens with one attached hydrogen (secondary N) is 3. The summed E-state index contributed by atoms with van der Waals surface area (Å²) in [7, 11) is 1.24. The van der Waals surface area contributed by atoms with Crippen molar-refractivity contribution in [2.75, 3.05) is 12.4 Å². The van der Waals surface area contributed by atoms with E-state index in [1.807, 2.05) is 0 Å². The number of rotatable bonds is 3. The van der Waals surface area contributed by atoms with Crippen molar-refractivity contribution in [2.24, 2.45) is 0 Å². The number of urea groups is 1. The first-order chi connectivity index (χ1) is 13.4. The van der Waals surface area contributed by atoms with Crippen LogP contribution in [0.3, 0.4) is 0 Å². The normalized spacial score (nSPS) is 10.4. The Balaban J connectivity index is 1.68. The highest BCUT2D eigenvalue weighted by molar-refractivity contribution is 7.21. The molecule has 2 aromatic carbocycles. The van der Waals surface area contributed by atoms with Crippen LogP contribution in [0.2, 0.25) is 10.0 Å². The van der Waals surface area contributed by atoms with Crippen molar-refractivity contribution in [3.05, 3.63) is 63.0 Å². The van der Waals surface area contributed by atoms with Gasteiger partial charge in [-0.15, -0.1) is 11.3 Å². The lowest BCUT2D eigenvalue weighted by atomic mass is 10.2. The van der Waals surface area contributed by atoms with Crippen LogP contribution >= 0.6 is 34.5 Å². The zero-order valence-corrected chi connectivity index (χ0v) is 16.7. The van der Waals surface area contributed by atoms with E-state index in [-0.39, 0.29) is 21.2 Å². The molecule has 0 atom stereocenters. The molecular weight excluding hydrogens is 425 g/mol. The number of thiophene rings is 1. The predicted octanol–water partition coefficient (Wildman–Crippen LogP) is 4.46. The van der Waals surface area contributed by atoms with Gasteiger partial charge < -0.3 is 10.1 Å². The van der Waals surface area contributed by atoms with Crippen LogP contribution in [0, 0.1) is 0 Å². The van der Waals surface area contributed by atoms with Crippen LogP contribution in [-0.2, 0) is 4.74 Å². The molecule has 0 aliphatic carbocycles. The van der Waals surface area contributed by atoms with Crippen LogP contribution in [0.25, 0.3) is 10.1 Å². The summed E-state index contributed by atoms with van der Waals surface area (Å²) in [5.41, 5.74) is 4.90. The average Bonchev–Trinajstić information content (AvgIpc) is 3.01. The van der Waals surface area contributed by atoms with E-state index < -0.39 is 17.9 Å². The number of esters is 1. The fraction of sp³-hybridized carbons (Fsp3) is 0.0556. The lowest BCUT2D eigenvalue weighted by Crippen LogP contribution is -2.43. The maximum atomic E-state index is 12.4. The second-order valence-electron chi connectivity index (χ2n) is 5.46. The van der Waals surface area contributed by atoms with Crippen molar-refractivity contribution >= 4 is 68.2 Å². The number of benzene rings is 2. The van der Waals surface area contributed by atoms with Gasteiger partial charge in [0, 0.05) is 15.1 Å². The lowest BCUT2D eigenvalue weighted by molar-refractivity contribution is 0.0601. The van der Waals surface area contributed by atoms with E-state index >= 15 is 0 Å². The molecule has 28 heavy (non-hydrogen) atoms. The van der Waals surface area contributed by atoms with Gasteiger partial charge in [0.25, 0.3) is 5.91 Å². The van der Waals surface area contributed by atoms with Crippen LogP contribution in [0.5, 0.6) is 0 Å². The fourth-order valence-corrected chi connectivity index (χ4v) is 4.08. The SMILES string of the molecule is COC(=O)c1ccccc1NC(=O)NNC(=O)c1sc2cc(Cl)ccc2c1Cl. The summed E-state index contributed by atoms with van der Waals surface area (Å²) >= 11 is 13.3. The van der Waals surface area contributed by atoms with Crippen molar-refractivity contribution in [3.63, 3.8) is 0 Å². The molecule has 1 aromatic heterocycles. The Morgan fingerprint density at radius 2 is 1.79 bits per heavy atom. The topological polar surface area (TPSA) is 96.5 Å². The van der Waals surface area contributed by atoms with Crippen molar-refractivity contribution < 1.29 is 19.1 Å². The van der Waals surface area contributed by atoms with Crippen LogP contribution in [0.15, 0.2) is 42.5 Å². The van der Waals surface area contributed by atoms with E-state index in [0.29, 0.717) is 10.4 Å². The second kappa shape index (κ2) is 8.47. The standard InChI is InChI=1S/C18H13Cl2N3O4S/c1-27-17(25)10-4-2-3-5-12(10)21-18(26)23-22-16(24)15-14(20)11-7-6-9(19)8-13(11)28-15/h2-8H,1H3,(H,22,24)(H2,21,23,26). The summed E-state index contributed by atoms with van der Waals surface area (Å²) in [4.78, 5) is 36.4. The zero-order valence-electron chi connectivity index (χ0n) is 14.3. The smallest absolute Gasteiger partial charge is 0.339 e. The molecule has 0 radical (unpaired) electrons. The highest BCUT2D eigenvalue weighted by atomic mass is 35.5. The number of hydrogen-bond acceptors (Lipinski definition) is 5. The predicted molar refractivity (Wildman–Crippen MR) is 109 cm³/mol. The van der Waals surface area contributed by atoms with Gasteiger partial charge in [-0.1, -0.05) is 41.4 Å². The highest BCUT2D eigenvalue weighted by Crippen LogP contribution is 2.36. The highest BCUT2D eigenvalue weighted by Gasteiger charge is 2.18. The minimum atomic E-state index is -0.745. The number of anilines is 1. The molecule has 3 amide bonds. The summed E-state index contributed by atoms with van der Waals surface area (Å²) in [5, 5.41) is 3.96. The molecule has 0 aliphatic rings. The quantitative estimate of drug-likeness (QED) is 0.416. The van der Waals surface area contributed by atoms with Crippen molar-refractivity contribution in [1.29, 1.82) is 0 Å². The molecule has 3 rings (SSSR count). The number of halogens is 2. The van der Waals surface area contributed by atoms with Gasteiger partial charge in [-0.3, -0.25) is 10.2 Å². The summed E-state index contributed by atoms with van der Waals surface area (Å²) in [5.74, 6) is -1.19. The van der Waals surface area contributed by atoms with Gasteiger partial charge in [0.05, 0.1) is 23.4 Å². The second-order valence-corrected chi connectivity index (χ2v) is 7.32. The molecule has 0 spiro atoms. The number of methoxy groups -OCH3 is 1. The number of fused-ring (bicyclic) bond motifs is 1. The molecule has 1 heterocycles. The molecule has 0 aliphatic heterocycles. The van der Waals surface area contributed by atoms with Gasteiger partial charge in [0.15, 0.2) is 0 Å². The first-order valence-corrected chi connectivity index (χ1v) is 9.40. The number of carbonyl (C=O) groups is 3. The van der Waals surface area contributed by atoms with E-state index in [0.717, 1.165) is 16.0 Å². The summed E-state index contributed by atoms with van der Waals surface area (Å²) < 4.78 is 5.41. The Kier molecular flexibility index (Phi) is 6.03. The van der Waals surface area contributed by atoms with E-state index in [1.165, 1.54) is 19.2 Å². The first kappa shape index (κ1) is 19.9. The molecule has 0 bridgehead atoms. The number of hydrazine groups is 1. The molecule has 0 fully saturated rings. The van der Waals surface area contributed by atoms with Crippen molar-refractivity contribution in [1.82, 2.24) is 10.9 Å². The Morgan fingerprint density at radius 1 is 1.04 bits per heavy atom. The molecule has 0 saturated carbocycles. The Bertz CT molecular complexity index is 1080. The molecular formula is C18H13Cl2N3O4S. The Hall–Kier alpha value is -2.81. The number of para-hydroxylation sites is 1. The molecule has 10 heteroatoms. The Morgan fingerprint density at radius 3 is 2.54 bits per heavy atom. The summed E-state index contributed by atoms with van der Waals surface area (Å²) in [6.07, 6.45) is 0. The van der Waals surface area contributed by atoms with Crippen LogP contribution in [0.1, 0.15) is 20.0 Å². The number of ether oxygens (including phenoxy) is 1. The number of amides is 3. The minimum absolute atomic E-state index is 0.177. The first-order valence-electron chi connectivity index (χ1n) is 7.83. The maximum absolute atomic E-state index is 12.4. The zero-order chi connectivity index (χ0) is 20.3. The molecule has 3 aromatic rings.